The molecule has 1 aromatic carbocycles. The van der Waals surface area contributed by atoms with Crippen LogP contribution in [-0.4, -0.2) is 44.6 Å². The Bertz CT molecular complexity index is 682. The Balaban J connectivity index is 1.53. The van der Waals surface area contributed by atoms with Crippen LogP contribution in [0.2, 0.25) is 0 Å². The zero-order valence-electron chi connectivity index (χ0n) is 13.5. The van der Waals surface area contributed by atoms with Crippen LogP contribution in [0, 0.1) is 0 Å². The van der Waals surface area contributed by atoms with Gasteiger partial charge in [-0.2, -0.15) is 5.10 Å². The van der Waals surface area contributed by atoms with Gasteiger partial charge in [0.05, 0.1) is 13.1 Å². The SMILES string of the molecule is O=C(CN1CCCCCC1=O)Nc1ccc(Cn2cncn2)cc1. The molecule has 2 aromatic rings. The highest BCUT2D eigenvalue weighted by Gasteiger charge is 2.19. The Morgan fingerprint density at radius 2 is 2.00 bits per heavy atom. The average Bonchev–Trinajstić information content (AvgIpc) is 3.00. The Morgan fingerprint density at radius 3 is 2.75 bits per heavy atom. The van der Waals surface area contributed by atoms with Crippen LogP contribution in [0.1, 0.15) is 31.2 Å². The van der Waals surface area contributed by atoms with Crippen molar-refractivity contribution in [3.8, 4) is 0 Å². The van der Waals surface area contributed by atoms with E-state index in [1.165, 1.54) is 6.33 Å². The van der Waals surface area contributed by atoms with Gasteiger partial charge in [0.15, 0.2) is 0 Å². The fourth-order valence-corrected chi connectivity index (χ4v) is 2.77. The van der Waals surface area contributed by atoms with Crippen LogP contribution in [0.3, 0.4) is 0 Å². The lowest BCUT2D eigenvalue weighted by molar-refractivity contribution is -0.134. The Morgan fingerprint density at radius 1 is 1.17 bits per heavy atom. The third-order valence-electron chi connectivity index (χ3n) is 4.05. The number of hydrogen-bond acceptors (Lipinski definition) is 4. The lowest BCUT2D eigenvalue weighted by atomic mass is 10.2. The molecule has 1 saturated heterocycles. The Hall–Kier alpha value is -2.70. The molecule has 0 radical (unpaired) electrons. The summed E-state index contributed by atoms with van der Waals surface area (Å²) in [6.45, 7) is 1.43. The number of amides is 2. The van der Waals surface area contributed by atoms with Gasteiger partial charge in [0.2, 0.25) is 11.8 Å². The van der Waals surface area contributed by atoms with E-state index in [1.54, 1.807) is 15.9 Å². The fourth-order valence-electron chi connectivity index (χ4n) is 2.77. The molecule has 1 fully saturated rings. The third-order valence-corrected chi connectivity index (χ3v) is 4.05. The van der Waals surface area contributed by atoms with E-state index in [4.69, 9.17) is 0 Å². The molecular formula is C17H21N5O2. The van der Waals surface area contributed by atoms with Crippen molar-refractivity contribution in [2.24, 2.45) is 0 Å². The zero-order valence-corrected chi connectivity index (χ0v) is 13.5. The first kappa shape index (κ1) is 16.2. The second-order valence-corrected chi connectivity index (χ2v) is 5.96. The van der Waals surface area contributed by atoms with Gasteiger partial charge in [-0.15, -0.1) is 0 Å². The monoisotopic (exact) mass is 327 g/mol. The van der Waals surface area contributed by atoms with E-state index < -0.39 is 0 Å². The van der Waals surface area contributed by atoms with Crippen LogP contribution in [0.15, 0.2) is 36.9 Å². The molecule has 7 nitrogen and oxygen atoms in total. The lowest BCUT2D eigenvalue weighted by Gasteiger charge is -2.19. The van der Waals surface area contributed by atoms with E-state index in [-0.39, 0.29) is 18.4 Å². The van der Waals surface area contributed by atoms with Crippen LogP contribution in [0.4, 0.5) is 5.69 Å². The fraction of sp³-hybridized carbons (Fsp3) is 0.412. The second-order valence-electron chi connectivity index (χ2n) is 5.96. The van der Waals surface area contributed by atoms with E-state index >= 15 is 0 Å². The normalized spacial score (nSPS) is 15.2. The summed E-state index contributed by atoms with van der Waals surface area (Å²) in [4.78, 5) is 29.6. The van der Waals surface area contributed by atoms with Crippen LogP contribution in [-0.2, 0) is 16.1 Å². The van der Waals surface area contributed by atoms with Crippen molar-refractivity contribution in [3.63, 3.8) is 0 Å². The van der Waals surface area contributed by atoms with Gasteiger partial charge >= 0.3 is 0 Å². The predicted octanol–water partition coefficient (Wildman–Crippen LogP) is 1.67. The molecule has 3 rings (SSSR count). The summed E-state index contributed by atoms with van der Waals surface area (Å²) in [6, 6.07) is 7.59. The van der Waals surface area contributed by atoms with Gasteiger partial charge in [0.1, 0.15) is 12.7 Å². The van der Waals surface area contributed by atoms with Crippen molar-refractivity contribution in [3.05, 3.63) is 42.5 Å². The van der Waals surface area contributed by atoms with Crippen LogP contribution in [0.25, 0.3) is 0 Å². The molecule has 1 aromatic heterocycles. The smallest absolute Gasteiger partial charge is 0.243 e. The molecule has 126 valence electrons. The van der Waals surface area contributed by atoms with E-state index in [0.29, 0.717) is 19.5 Å². The van der Waals surface area contributed by atoms with Crippen molar-refractivity contribution in [1.29, 1.82) is 0 Å². The molecule has 0 unspecified atom stereocenters. The minimum absolute atomic E-state index is 0.0748. The number of nitrogens with zero attached hydrogens (tertiary/aromatic N) is 4. The molecule has 1 N–H and O–H groups in total. The molecule has 24 heavy (non-hydrogen) atoms. The molecule has 2 amide bonds. The number of anilines is 1. The average molecular weight is 327 g/mol. The number of aromatic nitrogens is 3. The number of likely N-dealkylation sites (tertiary alicyclic amines) is 1. The maximum Gasteiger partial charge on any atom is 0.243 e. The van der Waals surface area contributed by atoms with E-state index in [9.17, 15) is 9.59 Å². The Labute approximate surface area is 140 Å². The van der Waals surface area contributed by atoms with Crippen LogP contribution < -0.4 is 5.32 Å². The molecule has 2 heterocycles. The minimum atomic E-state index is -0.158. The van der Waals surface area contributed by atoms with Crippen LogP contribution in [0.5, 0.6) is 0 Å². The maximum absolute atomic E-state index is 12.2. The van der Waals surface area contributed by atoms with Crippen molar-refractivity contribution in [1.82, 2.24) is 19.7 Å². The first-order valence-electron chi connectivity index (χ1n) is 8.20. The maximum atomic E-state index is 12.2. The molecule has 0 saturated carbocycles. The summed E-state index contributed by atoms with van der Waals surface area (Å²) >= 11 is 0. The predicted molar refractivity (Wildman–Crippen MR) is 89.2 cm³/mol. The number of nitrogens with one attached hydrogen (secondary N) is 1. The first-order chi connectivity index (χ1) is 11.7. The van der Waals surface area contributed by atoms with E-state index in [2.05, 4.69) is 15.4 Å². The standard InChI is InChI=1S/C17H21N5O2/c23-16(11-21-9-3-1-2-4-17(21)24)20-15-7-5-14(6-8-15)10-22-13-18-12-19-22/h5-8,12-13H,1-4,9-11H2,(H,20,23). The summed E-state index contributed by atoms with van der Waals surface area (Å²) < 4.78 is 1.73. The topological polar surface area (TPSA) is 80.1 Å². The third kappa shape index (κ3) is 4.41. The number of benzene rings is 1. The second kappa shape index (κ2) is 7.72. The summed E-state index contributed by atoms with van der Waals surface area (Å²) in [5.74, 6) is -0.0832. The van der Waals surface area contributed by atoms with E-state index in [0.717, 1.165) is 30.5 Å². The largest absolute Gasteiger partial charge is 0.333 e. The van der Waals surface area contributed by atoms with Crippen molar-refractivity contribution >= 4 is 17.5 Å². The number of carbonyl (C=O) groups is 2. The number of hydrogen-bond donors (Lipinski definition) is 1. The van der Waals surface area contributed by atoms with Gasteiger partial charge in [-0.25, -0.2) is 9.67 Å². The number of rotatable bonds is 5. The summed E-state index contributed by atoms with van der Waals surface area (Å²) in [5.41, 5.74) is 1.80. The van der Waals surface area contributed by atoms with Gasteiger partial charge in [-0.3, -0.25) is 9.59 Å². The van der Waals surface area contributed by atoms with Gasteiger partial charge in [0, 0.05) is 18.7 Å². The highest BCUT2D eigenvalue weighted by molar-refractivity contribution is 5.94. The summed E-state index contributed by atoms with van der Waals surface area (Å²) in [6.07, 6.45) is 6.65. The van der Waals surface area contributed by atoms with E-state index in [1.807, 2.05) is 24.3 Å². The molecule has 1 aliphatic heterocycles. The molecule has 0 bridgehead atoms. The van der Waals surface area contributed by atoms with Crippen molar-refractivity contribution < 1.29 is 9.59 Å². The van der Waals surface area contributed by atoms with Gasteiger partial charge in [0.25, 0.3) is 0 Å². The molecule has 0 spiro atoms. The quantitative estimate of drug-likeness (QED) is 0.906. The molecule has 1 aliphatic rings. The summed E-state index contributed by atoms with van der Waals surface area (Å²) in [7, 11) is 0. The van der Waals surface area contributed by atoms with Gasteiger partial charge in [-0.1, -0.05) is 18.6 Å². The highest BCUT2D eigenvalue weighted by Crippen LogP contribution is 2.13. The molecule has 0 atom stereocenters. The summed E-state index contributed by atoms with van der Waals surface area (Å²) in [5, 5.41) is 6.91. The van der Waals surface area contributed by atoms with Crippen molar-refractivity contribution in [2.75, 3.05) is 18.4 Å². The van der Waals surface area contributed by atoms with Gasteiger partial charge < -0.3 is 10.2 Å². The highest BCUT2D eigenvalue weighted by atomic mass is 16.2. The van der Waals surface area contributed by atoms with Gasteiger partial charge in [-0.05, 0) is 30.5 Å². The van der Waals surface area contributed by atoms with Crippen molar-refractivity contribution in [2.45, 2.75) is 32.2 Å². The van der Waals surface area contributed by atoms with Crippen LogP contribution >= 0.6 is 0 Å². The molecular weight excluding hydrogens is 306 g/mol. The lowest BCUT2D eigenvalue weighted by Crippen LogP contribution is -2.37. The number of carbonyl (C=O) groups excluding carboxylic acids is 2. The minimum Gasteiger partial charge on any atom is -0.333 e. The molecule has 7 heteroatoms. The first-order valence-corrected chi connectivity index (χ1v) is 8.20. The zero-order chi connectivity index (χ0) is 16.8. The Kier molecular flexibility index (Phi) is 5.20. The molecule has 0 aliphatic carbocycles.